The Bertz CT molecular complexity index is 759. The molecule has 2 N–H and O–H groups in total. The van der Waals surface area contributed by atoms with Gasteiger partial charge in [-0.15, -0.1) is 0 Å². The van der Waals surface area contributed by atoms with Crippen molar-refractivity contribution in [1.29, 1.82) is 0 Å². The van der Waals surface area contributed by atoms with E-state index >= 15 is 0 Å². The number of hydrogen-bond acceptors (Lipinski definition) is 5. The Kier molecular flexibility index (Phi) is 8.73. The molecule has 2 unspecified atom stereocenters. The summed E-state index contributed by atoms with van der Waals surface area (Å²) in [5.41, 5.74) is 0. The van der Waals surface area contributed by atoms with Gasteiger partial charge in [-0.25, -0.2) is 12.8 Å². The molecule has 28 heavy (non-hydrogen) atoms. The molecule has 158 valence electrons. The van der Waals surface area contributed by atoms with Crippen LogP contribution in [0.1, 0.15) is 26.7 Å². The summed E-state index contributed by atoms with van der Waals surface area (Å²) in [5.74, 6) is -0.228. The fraction of sp³-hybridized carbons (Fsp3) is 0.632. The standard InChI is InChI=1S/C19H30FN3O3S2/c1-14(2)23-10-8-15(13-23)12-21-19(24)17(9-11-27-3)22-28(25,26)18-7-5-4-6-16(18)20/h4-7,14-15,17,22H,8-13H2,1-3H3,(H,21,24). The van der Waals surface area contributed by atoms with E-state index in [1.54, 1.807) is 0 Å². The van der Waals surface area contributed by atoms with Crippen molar-refractivity contribution >= 4 is 27.7 Å². The lowest BCUT2D eigenvalue weighted by Gasteiger charge is -2.21. The van der Waals surface area contributed by atoms with E-state index in [2.05, 4.69) is 28.8 Å². The Morgan fingerprint density at radius 3 is 2.68 bits per heavy atom. The molecule has 1 aromatic carbocycles. The highest BCUT2D eigenvalue weighted by Gasteiger charge is 2.29. The minimum atomic E-state index is -4.13. The largest absolute Gasteiger partial charge is 0.354 e. The van der Waals surface area contributed by atoms with E-state index in [0.29, 0.717) is 30.7 Å². The van der Waals surface area contributed by atoms with Crippen LogP contribution in [0.2, 0.25) is 0 Å². The predicted molar refractivity (Wildman–Crippen MR) is 111 cm³/mol. The third-order valence-corrected chi connectivity index (χ3v) is 7.11. The van der Waals surface area contributed by atoms with Crippen molar-refractivity contribution in [2.45, 2.75) is 43.7 Å². The molecule has 2 atom stereocenters. The SMILES string of the molecule is CSCCC(NS(=O)(=O)c1ccccc1F)C(=O)NCC1CCN(C(C)C)C1. The molecule has 0 spiro atoms. The predicted octanol–water partition coefficient (Wildman–Crippen LogP) is 2.07. The molecule has 0 aromatic heterocycles. The van der Waals surface area contributed by atoms with E-state index in [4.69, 9.17) is 0 Å². The second-order valence-electron chi connectivity index (χ2n) is 7.37. The third kappa shape index (κ3) is 6.43. The van der Waals surface area contributed by atoms with Crippen LogP contribution in [0.3, 0.4) is 0 Å². The maximum absolute atomic E-state index is 13.9. The zero-order valence-electron chi connectivity index (χ0n) is 16.7. The smallest absolute Gasteiger partial charge is 0.244 e. The molecule has 1 aromatic rings. The Balaban J connectivity index is 2.00. The molecule has 0 radical (unpaired) electrons. The van der Waals surface area contributed by atoms with Crippen LogP contribution in [0, 0.1) is 11.7 Å². The molecule has 6 nitrogen and oxygen atoms in total. The Morgan fingerprint density at radius 1 is 1.36 bits per heavy atom. The first-order chi connectivity index (χ1) is 13.2. The molecule has 1 saturated heterocycles. The highest BCUT2D eigenvalue weighted by atomic mass is 32.2. The average Bonchev–Trinajstić information content (AvgIpc) is 3.12. The summed E-state index contributed by atoms with van der Waals surface area (Å²) in [7, 11) is -4.13. The average molecular weight is 432 g/mol. The number of amides is 1. The number of benzene rings is 1. The summed E-state index contributed by atoms with van der Waals surface area (Å²) >= 11 is 1.52. The number of hydrogen-bond donors (Lipinski definition) is 2. The molecule has 1 fully saturated rings. The molecule has 2 rings (SSSR count). The molecule has 1 aliphatic heterocycles. The van der Waals surface area contributed by atoms with E-state index in [9.17, 15) is 17.6 Å². The van der Waals surface area contributed by atoms with Crippen LogP contribution in [0.15, 0.2) is 29.2 Å². The van der Waals surface area contributed by atoms with Gasteiger partial charge in [0.05, 0.1) is 0 Å². The van der Waals surface area contributed by atoms with Gasteiger partial charge < -0.3 is 10.2 Å². The van der Waals surface area contributed by atoms with Crippen molar-refractivity contribution < 1.29 is 17.6 Å². The first kappa shape index (κ1) is 23.1. The number of carbonyl (C=O) groups excluding carboxylic acids is 1. The quantitative estimate of drug-likeness (QED) is 0.593. The number of nitrogens with zero attached hydrogens (tertiary/aromatic N) is 1. The Labute approximate surface area is 171 Å². The second-order valence-corrected chi connectivity index (χ2v) is 10.0. The lowest BCUT2D eigenvalue weighted by atomic mass is 10.1. The van der Waals surface area contributed by atoms with Crippen LogP contribution in [-0.4, -0.2) is 63.0 Å². The van der Waals surface area contributed by atoms with Crippen LogP contribution in [0.5, 0.6) is 0 Å². The highest BCUT2D eigenvalue weighted by Crippen LogP contribution is 2.18. The summed E-state index contributed by atoms with van der Waals surface area (Å²) < 4.78 is 41.4. The molecule has 1 amide bonds. The van der Waals surface area contributed by atoms with Gasteiger partial charge in [-0.2, -0.15) is 16.5 Å². The van der Waals surface area contributed by atoms with Crippen LogP contribution >= 0.6 is 11.8 Å². The first-order valence-corrected chi connectivity index (χ1v) is 12.4. The van der Waals surface area contributed by atoms with Crippen molar-refractivity contribution in [2.24, 2.45) is 5.92 Å². The van der Waals surface area contributed by atoms with Gasteiger partial charge in [0.25, 0.3) is 0 Å². The van der Waals surface area contributed by atoms with Crippen LogP contribution < -0.4 is 10.0 Å². The summed E-state index contributed by atoms with van der Waals surface area (Å²) in [5, 5.41) is 2.89. The molecule has 0 aliphatic carbocycles. The van der Waals surface area contributed by atoms with E-state index in [0.717, 1.165) is 25.6 Å². The van der Waals surface area contributed by atoms with E-state index in [1.165, 1.54) is 30.0 Å². The maximum atomic E-state index is 13.9. The summed E-state index contributed by atoms with van der Waals surface area (Å²) in [6.45, 7) is 6.75. The van der Waals surface area contributed by atoms with Gasteiger partial charge >= 0.3 is 0 Å². The summed E-state index contributed by atoms with van der Waals surface area (Å²) in [6, 6.07) is 4.71. The van der Waals surface area contributed by atoms with Gasteiger partial charge in [-0.05, 0) is 63.3 Å². The molecule has 9 heteroatoms. The highest BCUT2D eigenvalue weighted by molar-refractivity contribution is 7.98. The van der Waals surface area contributed by atoms with Crippen molar-refractivity contribution in [2.75, 3.05) is 31.6 Å². The van der Waals surface area contributed by atoms with Gasteiger partial charge in [0.15, 0.2) is 0 Å². The third-order valence-electron chi connectivity index (χ3n) is 4.96. The fourth-order valence-electron chi connectivity index (χ4n) is 3.26. The minimum absolute atomic E-state index is 0.337. The van der Waals surface area contributed by atoms with Gasteiger partial charge in [0.1, 0.15) is 16.8 Å². The van der Waals surface area contributed by atoms with Gasteiger partial charge in [0.2, 0.25) is 15.9 Å². The van der Waals surface area contributed by atoms with Crippen LogP contribution in [0.4, 0.5) is 4.39 Å². The Hall–Kier alpha value is -1.16. The van der Waals surface area contributed by atoms with Crippen molar-refractivity contribution in [3.63, 3.8) is 0 Å². The number of halogens is 1. The van der Waals surface area contributed by atoms with Crippen LogP contribution in [0.25, 0.3) is 0 Å². The lowest BCUT2D eigenvalue weighted by Crippen LogP contribution is -2.48. The Morgan fingerprint density at radius 2 is 2.07 bits per heavy atom. The topological polar surface area (TPSA) is 78.5 Å². The van der Waals surface area contributed by atoms with E-state index in [-0.39, 0.29) is 5.91 Å². The zero-order valence-corrected chi connectivity index (χ0v) is 18.3. The molecular formula is C19H30FN3O3S2. The number of sulfonamides is 1. The number of thioether (sulfide) groups is 1. The van der Waals surface area contributed by atoms with Crippen molar-refractivity contribution in [1.82, 2.24) is 14.9 Å². The van der Waals surface area contributed by atoms with Crippen molar-refractivity contribution in [3.05, 3.63) is 30.1 Å². The van der Waals surface area contributed by atoms with Gasteiger partial charge in [-0.1, -0.05) is 12.1 Å². The minimum Gasteiger partial charge on any atom is -0.354 e. The monoisotopic (exact) mass is 431 g/mol. The zero-order chi connectivity index (χ0) is 20.7. The number of nitrogens with one attached hydrogen (secondary N) is 2. The maximum Gasteiger partial charge on any atom is 0.244 e. The van der Waals surface area contributed by atoms with Crippen molar-refractivity contribution in [3.8, 4) is 0 Å². The molecule has 0 bridgehead atoms. The first-order valence-electron chi connectivity index (χ1n) is 9.52. The molecule has 1 heterocycles. The molecule has 1 aliphatic rings. The number of likely N-dealkylation sites (tertiary alicyclic amines) is 1. The lowest BCUT2D eigenvalue weighted by molar-refractivity contribution is -0.122. The van der Waals surface area contributed by atoms with Gasteiger partial charge in [-0.3, -0.25) is 4.79 Å². The summed E-state index contributed by atoms with van der Waals surface area (Å²) in [6.07, 6.45) is 3.23. The number of rotatable bonds is 10. The van der Waals surface area contributed by atoms with E-state index < -0.39 is 26.8 Å². The fourth-order valence-corrected chi connectivity index (χ4v) is 5.04. The van der Waals surface area contributed by atoms with E-state index in [1.807, 2.05) is 6.26 Å². The molecular weight excluding hydrogens is 401 g/mol. The summed E-state index contributed by atoms with van der Waals surface area (Å²) in [4.78, 5) is 14.6. The number of carbonyl (C=O) groups is 1. The second kappa shape index (κ2) is 10.6. The van der Waals surface area contributed by atoms with Gasteiger partial charge in [0, 0.05) is 19.1 Å². The molecule has 0 saturated carbocycles. The normalized spacial score (nSPS) is 19.1. The van der Waals surface area contributed by atoms with Crippen LogP contribution in [-0.2, 0) is 14.8 Å².